The van der Waals surface area contributed by atoms with E-state index in [2.05, 4.69) is 10.6 Å². The topological polar surface area (TPSA) is 91.7 Å². The summed E-state index contributed by atoms with van der Waals surface area (Å²) in [6.45, 7) is 3.63. The lowest BCUT2D eigenvalue weighted by atomic mass is 10.1. The Morgan fingerprint density at radius 1 is 1.09 bits per heavy atom. The van der Waals surface area contributed by atoms with Gasteiger partial charge in [0.25, 0.3) is 11.8 Å². The lowest BCUT2D eigenvalue weighted by Crippen LogP contribution is -2.49. The molecule has 34 heavy (non-hydrogen) atoms. The van der Waals surface area contributed by atoms with Crippen molar-refractivity contribution in [3.8, 4) is 0 Å². The zero-order valence-electron chi connectivity index (χ0n) is 19.4. The van der Waals surface area contributed by atoms with E-state index in [1.54, 1.807) is 29.6 Å². The van der Waals surface area contributed by atoms with Gasteiger partial charge in [0.1, 0.15) is 5.76 Å². The van der Waals surface area contributed by atoms with Gasteiger partial charge in [0, 0.05) is 11.7 Å². The van der Waals surface area contributed by atoms with Crippen LogP contribution >= 0.6 is 11.3 Å². The van der Waals surface area contributed by atoms with Gasteiger partial charge in [0.2, 0.25) is 5.91 Å². The molecule has 1 unspecified atom stereocenters. The second-order valence-corrected chi connectivity index (χ2v) is 9.63. The molecule has 3 amide bonds. The van der Waals surface area contributed by atoms with Crippen molar-refractivity contribution in [1.82, 2.24) is 10.6 Å². The van der Waals surface area contributed by atoms with Crippen LogP contribution in [-0.2, 0) is 9.59 Å². The summed E-state index contributed by atoms with van der Waals surface area (Å²) < 4.78 is 5.64. The van der Waals surface area contributed by atoms with Crippen LogP contribution in [0.2, 0.25) is 0 Å². The summed E-state index contributed by atoms with van der Waals surface area (Å²) in [7, 11) is 0. The standard InChI is InChI=1S/C26H29N3O4S/c1-17-13-18(2)15-20(14-17)29(23(30)16-27-25(31)22-10-6-12-34-22)24(21-9-5-11-33-21)26(32)28-19-7-3-4-8-19/h5-6,9-15,19,24H,3-4,7-8,16H2,1-2H3,(H,27,31)(H,28,32). The van der Waals surface area contributed by atoms with Crippen molar-refractivity contribution in [3.05, 3.63) is 75.9 Å². The van der Waals surface area contributed by atoms with E-state index in [0.717, 1.165) is 36.8 Å². The number of furan rings is 1. The first kappa shape index (κ1) is 23.8. The number of carbonyl (C=O) groups excluding carboxylic acids is 3. The summed E-state index contributed by atoms with van der Waals surface area (Å²) in [6.07, 6.45) is 5.49. The molecule has 8 heteroatoms. The average Bonchev–Trinajstić information content (AvgIpc) is 3.58. The third-order valence-electron chi connectivity index (χ3n) is 5.92. The lowest BCUT2D eigenvalue weighted by Gasteiger charge is -2.31. The number of nitrogens with zero attached hydrogens (tertiary/aromatic N) is 1. The van der Waals surface area contributed by atoms with Crippen LogP contribution < -0.4 is 15.5 Å². The molecule has 1 aliphatic carbocycles. The molecule has 2 N–H and O–H groups in total. The Bertz CT molecular complexity index is 1110. The second kappa shape index (κ2) is 10.7. The van der Waals surface area contributed by atoms with E-state index in [1.165, 1.54) is 22.5 Å². The van der Waals surface area contributed by atoms with Crippen LogP contribution in [-0.4, -0.2) is 30.3 Å². The second-order valence-electron chi connectivity index (χ2n) is 8.68. The van der Waals surface area contributed by atoms with E-state index in [9.17, 15) is 14.4 Å². The molecule has 178 valence electrons. The molecule has 0 spiro atoms. The Kier molecular flexibility index (Phi) is 7.47. The first-order chi connectivity index (χ1) is 16.4. The number of carbonyl (C=O) groups is 3. The quantitative estimate of drug-likeness (QED) is 0.497. The highest BCUT2D eigenvalue weighted by molar-refractivity contribution is 7.12. The van der Waals surface area contributed by atoms with Crippen molar-refractivity contribution in [3.63, 3.8) is 0 Å². The van der Waals surface area contributed by atoms with Crippen LogP contribution in [0.5, 0.6) is 0 Å². The molecular weight excluding hydrogens is 450 g/mol. The number of nitrogens with one attached hydrogen (secondary N) is 2. The van der Waals surface area contributed by atoms with E-state index in [-0.39, 0.29) is 24.4 Å². The predicted molar refractivity (Wildman–Crippen MR) is 132 cm³/mol. The van der Waals surface area contributed by atoms with E-state index in [4.69, 9.17) is 4.42 Å². The Labute approximate surface area is 203 Å². The highest BCUT2D eigenvalue weighted by atomic mass is 32.1. The van der Waals surface area contributed by atoms with Crippen molar-refractivity contribution in [1.29, 1.82) is 0 Å². The molecule has 1 fully saturated rings. The molecule has 1 aliphatic rings. The van der Waals surface area contributed by atoms with Gasteiger partial charge in [-0.15, -0.1) is 11.3 Å². The third kappa shape index (κ3) is 5.56. The number of thiophene rings is 1. The molecule has 0 saturated heterocycles. The van der Waals surface area contributed by atoms with Crippen molar-refractivity contribution in [2.45, 2.75) is 51.6 Å². The Balaban J connectivity index is 1.67. The fraction of sp³-hybridized carbons (Fsp3) is 0.346. The van der Waals surface area contributed by atoms with Gasteiger partial charge in [-0.05, 0) is 73.5 Å². The lowest BCUT2D eigenvalue weighted by molar-refractivity contribution is -0.127. The molecule has 1 atom stereocenters. The smallest absolute Gasteiger partial charge is 0.261 e. The maximum Gasteiger partial charge on any atom is 0.261 e. The number of hydrogen-bond acceptors (Lipinski definition) is 5. The van der Waals surface area contributed by atoms with Crippen LogP contribution in [0.15, 0.2) is 58.5 Å². The molecular formula is C26H29N3O4S. The van der Waals surface area contributed by atoms with Gasteiger partial charge in [-0.3, -0.25) is 19.3 Å². The Morgan fingerprint density at radius 2 is 1.82 bits per heavy atom. The van der Waals surface area contributed by atoms with Gasteiger partial charge in [-0.25, -0.2) is 0 Å². The van der Waals surface area contributed by atoms with Crippen molar-refractivity contribution < 1.29 is 18.8 Å². The van der Waals surface area contributed by atoms with Gasteiger partial charge in [0.15, 0.2) is 6.04 Å². The number of aryl methyl sites for hydroxylation is 2. The van der Waals surface area contributed by atoms with Crippen molar-refractivity contribution in [2.75, 3.05) is 11.4 Å². The van der Waals surface area contributed by atoms with Gasteiger partial charge in [0.05, 0.1) is 17.7 Å². The van der Waals surface area contributed by atoms with E-state index < -0.39 is 11.9 Å². The summed E-state index contributed by atoms with van der Waals surface area (Å²) in [5.74, 6) is -0.655. The number of benzene rings is 1. The molecule has 7 nitrogen and oxygen atoms in total. The third-order valence-corrected chi connectivity index (χ3v) is 6.79. The van der Waals surface area contributed by atoms with Gasteiger partial charge in [-0.1, -0.05) is 25.0 Å². The first-order valence-corrected chi connectivity index (χ1v) is 12.4. The number of amides is 3. The van der Waals surface area contributed by atoms with Crippen LogP contribution in [0.25, 0.3) is 0 Å². The van der Waals surface area contributed by atoms with Crippen LogP contribution in [0.1, 0.15) is 58.3 Å². The summed E-state index contributed by atoms with van der Waals surface area (Å²) in [5, 5.41) is 7.61. The minimum absolute atomic E-state index is 0.0830. The molecule has 1 saturated carbocycles. The van der Waals surface area contributed by atoms with Crippen LogP contribution in [0.4, 0.5) is 5.69 Å². The molecule has 0 aliphatic heterocycles. The molecule has 2 aromatic heterocycles. The number of rotatable bonds is 8. The average molecular weight is 480 g/mol. The Hall–Kier alpha value is -3.39. The minimum Gasteiger partial charge on any atom is -0.467 e. The predicted octanol–water partition coefficient (Wildman–Crippen LogP) is 4.52. The van der Waals surface area contributed by atoms with Gasteiger partial charge >= 0.3 is 0 Å². The molecule has 0 bridgehead atoms. The zero-order valence-corrected chi connectivity index (χ0v) is 20.2. The SMILES string of the molecule is Cc1cc(C)cc(N(C(=O)CNC(=O)c2cccs2)C(C(=O)NC2CCCC2)c2ccco2)c1. The van der Waals surface area contributed by atoms with E-state index in [1.807, 2.05) is 32.0 Å². The first-order valence-electron chi connectivity index (χ1n) is 11.5. The Morgan fingerprint density at radius 3 is 2.44 bits per heavy atom. The molecule has 4 rings (SSSR count). The molecule has 2 heterocycles. The fourth-order valence-corrected chi connectivity index (χ4v) is 5.07. The maximum atomic E-state index is 13.6. The highest BCUT2D eigenvalue weighted by Crippen LogP contribution is 2.31. The summed E-state index contributed by atoms with van der Waals surface area (Å²) in [4.78, 5) is 41.6. The fourth-order valence-electron chi connectivity index (χ4n) is 4.43. The zero-order chi connectivity index (χ0) is 24.1. The van der Waals surface area contributed by atoms with Crippen molar-refractivity contribution in [2.24, 2.45) is 0 Å². The summed E-state index contributed by atoms with van der Waals surface area (Å²) >= 11 is 1.30. The van der Waals surface area contributed by atoms with Gasteiger partial charge < -0.3 is 15.1 Å². The van der Waals surface area contributed by atoms with Crippen LogP contribution in [0.3, 0.4) is 0 Å². The maximum absolute atomic E-state index is 13.6. The summed E-state index contributed by atoms with van der Waals surface area (Å²) in [5.41, 5.74) is 2.51. The minimum atomic E-state index is -0.997. The van der Waals surface area contributed by atoms with Gasteiger partial charge in [-0.2, -0.15) is 0 Å². The van der Waals surface area contributed by atoms with E-state index in [0.29, 0.717) is 16.3 Å². The number of hydrogen-bond donors (Lipinski definition) is 2. The monoisotopic (exact) mass is 479 g/mol. The normalized spacial score (nSPS) is 14.5. The largest absolute Gasteiger partial charge is 0.467 e. The van der Waals surface area contributed by atoms with E-state index >= 15 is 0 Å². The number of anilines is 1. The van der Waals surface area contributed by atoms with Crippen molar-refractivity contribution >= 4 is 34.7 Å². The molecule has 3 aromatic rings. The van der Waals surface area contributed by atoms with Crippen LogP contribution in [0, 0.1) is 13.8 Å². The highest BCUT2D eigenvalue weighted by Gasteiger charge is 2.36. The molecule has 0 radical (unpaired) electrons. The summed E-state index contributed by atoms with van der Waals surface area (Å²) in [6, 6.07) is 11.7. The molecule has 1 aromatic carbocycles.